The van der Waals surface area contributed by atoms with E-state index < -0.39 is 0 Å². The third-order valence-electron chi connectivity index (χ3n) is 12.3. The van der Waals surface area contributed by atoms with Crippen molar-refractivity contribution in [1.29, 1.82) is 0 Å². The zero-order chi connectivity index (χ0) is 41.0. The summed E-state index contributed by atoms with van der Waals surface area (Å²) in [5.74, 6) is 0. The first-order valence-corrected chi connectivity index (χ1v) is 21.2. The highest BCUT2D eigenvalue weighted by Gasteiger charge is 2.17. The third-order valence-corrected chi connectivity index (χ3v) is 12.3. The summed E-state index contributed by atoms with van der Waals surface area (Å²) in [5.41, 5.74) is 18.1. The Morgan fingerprint density at radius 1 is 0.226 bits per heavy atom. The second-order valence-corrected chi connectivity index (χ2v) is 16.0. The average molecular weight is 790 g/mol. The van der Waals surface area contributed by atoms with Crippen molar-refractivity contribution in [3.05, 3.63) is 237 Å². The second kappa shape index (κ2) is 14.8. The molecule has 0 spiro atoms. The summed E-state index contributed by atoms with van der Waals surface area (Å²) in [4.78, 5) is 5.28. The molecule has 0 aliphatic rings. The van der Waals surface area contributed by atoms with Crippen molar-refractivity contribution in [3.8, 4) is 67.3 Å². The van der Waals surface area contributed by atoms with Gasteiger partial charge in [0.15, 0.2) is 0 Å². The predicted molar refractivity (Wildman–Crippen MR) is 260 cm³/mol. The molecule has 3 aromatic heterocycles. The highest BCUT2D eigenvalue weighted by Crippen LogP contribution is 2.39. The molecule has 3 heterocycles. The molecule has 12 rings (SSSR count). The number of fused-ring (bicyclic) bond motifs is 6. The van der Waals surface area contributed by atoms with Crippen molar-refractivity contribution in [2.75, 3.05) is 0 Å². The van der Waals surface area contributed by atoms with Gasteiger partial charge in [0.05, 0.1) is 33.5 Å². The van der Waals surface area contributed by atoms with Crippen molar-refractivity contribution >= 4 is 43.6 Å². The quantitative estimate of drug-likeness (QED) is 0.158. The van der Waals surface area contributed by atoms with E-state index in [-0.39, 0.29) is 0 Å². The normalized spacial score (nSPS) is 11.5. The highest BCUT2D eigenvalue weighted by molar-refractivity contribution is 6.12. The largest absolute Gasteiger partial charge is 0.309 e. The van der Waals surface area contributed by atoms with Crippen LogP contribution in [0.2, 0.25) is 0 Å². The van der Waals surface area contributed by atoms with Gasteiger partial charge in [-0.05, 0) is 94.0 Å². The minimum atomic E-state index is 0.937. The number of nitrogens with zero attached hydrogens (tertiary/aromatic N) is 3. The van der Waals surface area contributed by atoms with Crippen molar-refractivity contribution in [3.63, 3.8) is 0 Å². The fraction of sp³-hybridized carbons (Fsp3) is 0. The SMILES string of the molecule is c1ccc(-c2ccc(-n3c4ccccc4c4ccc(-c5ccc6c7ccccc7n(-c7cccc(-c8cc(-c9ccccc9)cc(-c9ccccc9)n8)c7)c6c5)cc43)cc2)cc1. The van der Waals surface area contributed by atoms with Crippen LogP contribution >= 0.6 is 0 Å². The highest BCUT2D eigenvalue weighted by atomic mass is 15.0. The van der Waals surface area contributed by atoms with E-state index in [1.165, 1.54) is 65.9 Å². The summed E-state index contributed by atoms with van der Waals surface area (Å²) >= 11 is 0. The monoisotopic (exact) mass is 789 g/mol. The Morgan fingerprint density at radius 2 is 0.645 bits per heavy atom. The van der Waals surface area contributed by atoms with Gasteiger partial charge < -0.3 is 9.13 Å². The summed E-state index contributed by atoms with van der Waals surface area (Å²) < 4.78 is 4.83. The number of hydrogen-bond acceptors (Lipinski definition) is 1. The van der Waals surface area contributed by atoms with E-state index in [2.05, 4.69) is 246 Å². The number of pyridine rings is 1. The maximum absolute atomic E-state index is 5.28. The van der Waals surface area contributed by atoms with Crippen LogP contribution in [0.4, 0.5) is 0 Å². The van der Waals surface area contributed by atoms with Gasteiger partial charge in [0.1, 0.15) is 0 Å². The second-order valence-electron chi connectivity index (χ2n) is 16.0. The Labute approximate surface area is 360 Å². The molecule has 0 radical (unpaired) electrons. The average Bonchev–Trinajstić information content (AvgIpc) is 3.87. The van der Waals surface area contributed by atoms with Gasteiger partial charge in [-0.3, -0.25) is 0 Å². The molecule has 9 aromatic carbocycles. The van der Waals surface area contributed by atoms with Gasteiger partial charge >= 0.3 is 0 Å². The Morgan fingerprint density at radius 3 is 1.23 bits per heavy atom. The summed E-state index contributed by atoms with van der Waals surface area (Å²) in [7, 11) is 0. The first kappa shape index (κ1) is 35.7. The summed E-state index contributed by atoms with van der Waals surface area (Å²) in [6.45, 7) is 0. The number of rotatable bonds is 7. The lowest BCUT2D eigenvalue weighted by Gasteiger charge is -2.13. The molecule has 0 atom stereocenters. The van der Waals surface area contributed by atoms with E-state index in [0.29, 0.717) is 0 Å². The first-order chi connectivity index (χ1) is 30.7. The smallest absolute Gasteiger partial charge is 0.0716 e. The van der Waals surface area contributed by atoms with Crippen LogP contribution in [0.25, 0.3) is 111 Å². The molecule has 12 aromatic rings. The van der Waals surface area contributed by atoms with Crippen molar-refractivity contribution in [2.45, 2.75) is 0 Å². The van der Waals surface area contributed by atoms with Gasteiger partial charge in [-0.2, -0.15) is 0 Å². The molecule has 0 aliphatic carbocycles. The molecular formula is C59H39N3. The number of benzene rings is 9. The molecule has 0 aliphatic heterocycles. The van der Waals surface area contributed by atoms with Gasteiger partial charge in [0, 0.05) is 44.0 Å². The van der Waals surface area contributed by atoms with Gasteiger partial charge in [0.25, 0.3) is 0 Å². The zero-order valence-electron chi connectivity index (χ0n) is 33.9. The third kappa shape index (κ3) is 6.10. The van der Waals surface area contributed by atoms with Crippen molar-refractivity contribution < 1.29 is 0 Å². The minimum Gasteiger partial charge on any atom is -0.309 e. The lowest BCUT2D eigenvalue weighted by atomic mass is 10.00. The van der Waals surface area contributed by atoms with E-state index in [1.807, 2.05) is 0 Å². The summed E-state index contributed by atoms with van der Waals surface area (Å²) in [5, 5.41) is 4.93. The standard InChI is InChI=1S/C59H39N3/c1-4-15-40(16-5-1)42-27-31-48(32-28-42)61-56-25-12-10-23-50(56)52-33-29-44(38-58(52)61)45-30-34-53-51-24-11-13-26-57(51)62(59(53)39-45)49-22-14-21-46(35-49)55-37-47(41-17-6-2-7-18-41)36-54(60-55)43-19-8-3-9-20-43/h1-39H. The van der Waals surface area contributed by atoms with E-state index in [0.717, 1.165) is 45.0 Å². The fourth-order valence-corrected chi connectivity index (χ4v) is 9.33. The van der Waals surface area contributed by atoms with Crippen LogP contribution in [0, 0.1) is 0 Å². The lowest BCUT2D eigenvalue weighted by molar-refractivity contribution is 1.18. The van der Waals surface area contributed by atoms with E-state index in [4.69, 9.17) is 4.98 Å². The molecule has 0 fully saturated rings. The van der Waals surface area contributed by atoms with Crippen LogP contribution < -0.4 is 0 Å². The molecule has 0 bridgehead atoms. The van der Waals surface area contributed by atoms with Crippen molar-refractivity contribution in [1.82, 2.24) is 14.1 Å². The zero-order valence-corrected chi connectivity index (χ0v) is 33.9. The van der Waals surface area contributed by atoms with Gasteiger partial charge in [-0.1, -0.05) is 176 Å². The molecule has 0 saturated heterocycles. The maximum atomic E-state index is 5.28. The Kier molecular flexibility index (Phi) is 8.50. The minimum absolute atomic E-state index is 0.937. The lowest BCUT2D eigenvalue weighted by Crippen LogP contribution is -1.96. The van der Waals surface area contributed by atoms with Gasteiger partial charge in [-0.25, -0.2) is 4.98 Å². The number of aromatic nitrogens is 3. The van der Waals surface area contributed by atoms with Crippen LogP contribution in [0.1, 0.15) is 0 Å². The molecule has 3 nitrogen and oxygen atoms in total. The molecule has 3 heteroatoms. The number of para-hydroxylation sites is 2. The van der Waals surface area contributed by atoms with Crippen LogP contribution in [-0.2, 0) is 0 Å². The fourth-order valence-electron chi connectivity index (χ4n) is 9.33. The van der Waals surface area contributed by atoms with Crippen LogP contribution in [0.3, 0.4) is 0 Å². The van der Waals surface area contributed by atoms with Gasteiger partial charge in [-0.15, -0.1) is 0 Å². The van der Waals surface area contributed by atoms with E-state index >= 15 is 0 Å². The maximum Gasteiger partial charge on any atom is 0.0716 e. The molecule has 0 amide bonds. The Bertz CT molecular complexity index is 3540. The predicted octanol–water partition coefficient (Wildman–Crippen LogP) is 15.6. The first-order valence-electron chi connectivity index (χ1n) is 21.2. The molecule has 290 valence electrons. The Hall–Kier alpha value is -8.27. The summed E-state index contributed by atoms with van der Waals surface area (Å²) in [6, 6.07) is 85.2. The Balaban J connectivity index is 1.00. The van der Waals surface area contributed by atoms with Gasteiger partial charge in [0.2, 0.25) is 0 Å². The molecular weight excluding hydrogens is 751 g/mol. The molecule has 0 unspecified atom stereocenters. The molecule has 62 heavy (non-hydrogen) atoms. The van der Waals surface area contributed by atoms with Crippen molar-refractivity contribution in [2.24, 2.45) is 0 Å². The molecule has 0 saturated carbocycles. The van der Waals surface area contributed by atoms with E-state index in [1.54, 1.807) is 0 Å². The van der Waals surface area contributed by atoms with Crippen LogP contribution in [0.5, 0.6) is 0 Å². The van der Waals surface area contributed by atoms with Crippen LogP contribution in [0.15, 0.2) is 237 Å². The topological polar surface area (TPSA) is 22.8 Å². The van der Waals surface area contributed by atoms with E-state index in [9.17, 15) is 0 Å². The van der Waals surface area contributed by atoms with Crippen LogP contribution in [-0.4, -0.2) is 14.1 Å². The number of hydrogen-bond donors (Lipinski definition) is 0. The molecule has 0 N–H and O–H groups in total. The summed E-state index contributed by atoms with van der Waals surface area (Å²) in [6.07, 6.45) is 0.